The van der Waals surface area contributed by atoms with Crippen molar-refractivity contribution in [3.8, 4) is 0 Å². The van der Waals surface area contributed by atoms with Gasteiger partial charge in [-0.05, 0) is 6.92 Å². The number of aliphatic hydroxyl groups excluding tert-OH is 1. The van der Waals surface area contributed by atoms with Gasteiger partial charge in [0.05, 0.1) is 0 Å². The van der Waals surface area contributed by atoms with Crippen LogP contribution in [0.4, 0.5) is 4.79 Å². The number of aliphatic hydroxyl groups is 1. The zero-order valence-corrected chi connectivity index (χ0v) is 7.29. The number of hydrogen-bond acceptors (Lipinski definition) is 3. The summed E-state index contributed by atoms with van der Waals surface area (Å²) in [4.78, 5) is 22.7. The molecular formula is C6H13N3O3. The summed E-state index contributed by atoms with van der Waals surface area (Å²) < 4.78 is 0. The van der Waals surface area contributed by atoms with Gasteiger partial charge in [-0.2, -0.15) is 0 Å². The highest BCUT2D eigenvalue weighted by atomic mass is 16.3. The summed E-state index contributed by atoms with van der Waals surface area (Å²) in [7, 11) is 3.06. The zero-order valence-electron chi connectivity index (χ0n) is 7.29. The van der Waals surface area contributed by atoms with E-state index in [0.717, 1.165) is 0 Å². The molecule has 0 rings (SSSR count). The maximum atomic E-state index is 10.8. The van der Waals surface area contributed by atoms with Crippen molar-refractivity contribution in [2.24, 2.45) is 0 Å². The first kappa shape index (κ1) is 10.7. The van der Waals surface area contributed by atoms with Crippen LogP contribution in [-0.4, -0.2) is 42.1 Å². The molecule has 0 heterocycles. The van der Waals surface area contributed by atoms with Gasteiger partial charge in [0.2, 0.25) is 0 Å². The molecule has 6 nitrogen and oxygen atoms in total. The molecule has 0 unspecified atom stereocenters. The van der Waals surface area contributed by atoms with E-state index in [1.807, 2.05) is 5.43 Å². The predicted molar refractivity (Wildman–Crippen MR) is 42.0 cm³/mol. The van der Waals surface area contributed by atoms with Gasteiger partial charge >= 0.3 is 6.03 Å². The van der Waals surface area contributed by atoms with Crippen molar-refractivity contribution in [3.05, 3.63) is 0 Å². The average Bonchev–Trinajstić information content (AvgIpc) is 1.98. The van der Waals surface area contributed by atoms with Crippen LogP contribution in [0.3, 0.4) is 0 Å². The number of hydrogen-bond donors (Lipinski definition) is 3. The molecule has 3 amide bonds. The highest BCUT2D eigenvalue weighted by molar-refractivity contribution is 5.83. The number of rotatable bonds is 1. The van der Waals surface area contributed by atoms with Crippen LogP contribution in [0, 0.1) is 0 Å². The molecule has 0 aliphatic heterocycles. The van der Waals surface area contributed by atoms with Crippen LogP contribution >= 0.6 is 0 Å². The van der Waals surface area contributed by atoms with Crippen molar-refractivity contribution in [1.29, 1.82) is 0 Å². The molecule has 6 heteroatoms. The first-order valence-corrected chi connectivity index (χ1v) is 3.40. The molecule has 0 saturated carbocycles. The Balaban J connectivity index is 3.69. The second kappa shape index (κ2) is 4.55. The van der Waals surface area contributed by atoms with E-state index in [9.17, 15) is 9.59 Å². The molecule has 12 heavy (non-hydrogen) atoms. The lowest BCUT2D eigenvalue weighted by atomic mass is 10.4. The Hall–Kier alpha value is -1.30. The summed E-state index contributed by atoms with van der Waals surface area (Å²) in [5.41, 5.74) is 4.12. The summed E-state index contributed by atoms with van der Waals surface area (Å²) in [6.45, 7) is 1.30. The normalized spacial score (nSPS) is 11.7. The van der Waals surface area contributed by atoms with Crippen LogP contribution in [0.15, 0.2) is 0 Å². The Bertz CT molecular complexity index is 159. The number of urea groups is 1. The molecule has 0 aliphatic rings. The van der Waals surface area contributed by atoms with Gasteiger partial charge in [-0.3, -0.25) is 10.2 Å². The van der Waals surface area contributed by atoms with E-state index in [4.69, 9.17) is 5.11 Å². The largest absolute Gasteiger partial charge is 0.383 e. The van der Waals surface area contributed by atoms with Gasteiger partial charge in [0, 0.05) is 14.1 Å². The fourth-order valence-electron chi connectivity index (χ4n) is 0.331. The van der Waals surface area contributed by atoms with E-state index < -0.39 is 18.0 Å². The summed E-state index contributed by atoms with van der Waals surface area (Å²) >= 11 is 0. The van der Waals surface area contributed by atoms with E-state index in [0.29, 0.717) is 0 Å². The summed E-state index contributed by atoms with van der Waals surface area (Å²) in [6, 6.07) is -0.455. The van der Waals surface area contributed by atoms with Crippen molar-refractivity contribution in [2.75, 3.05) is 14.1 Å². The molecule has 1 atom stereocenters. The Morgan fingerprint density at radius 2 is 1.83 bits per heavy atom. The molecule has 0 fully saturated rings. The Morgan fingerprint density at radius 3 is 2.17 bits per heavy atom. The van der Waals surface area contributed by atoms with Crippen molar-refractivity contribution >= 4 is 11.9 Å². The minimum Gasteiger partial charge on any atom is -0.383 e. The number of nitrogens with zero attached hydrogens (tertiary/aromatic N) is 1. The quantitative estimate of drug-likeness (QED) is 0.432. The second-order valence-electron chi connectivity index (χ2n) is 2.49. The molecule has 0 spiro atoms. The van der Waals surface area contributed by atoms with E-state index in [-0.39, 0.29) is 0 Å². The molecule has 0 radical (unpaired) electrons. The Kier molecular flexibility index (Phi) is 4.06. The van der Waals surface area contributed by atoms with Gasteiger partial charge in [0.15, 0.2) is 0 Å². The minimum absolute atomic E-state index is 0.455. The highest BCUT2D eigenvalue weighted by Crippen LogP contribution is 1.78. The highest BCUT2D eigenvalue weighted by Gasteiger charge is 2.09. The van der Waals surface area contributed by atoms with Gasteiger partial charge in [0.25, 0.3) is 5.91 Å². The molecule has 0 aliphatic carbocycles. The second-order valence-corrected chi connectivity index (χ2v) is 2.49. The first-order chi connectivity index (χ1) is 5.45. The van der Waals surface area contributed by atoms with Gasteiger partial charge in [0.1, 0.15) is 6.10 Å². The van der Waals surface area contributed by atoms with E-state index >= 15 is 0 Å². The topological polar surface area (TPSA) is 81.7 Å². The van der Waals surface area contributed by atoms with Crippen molar-refractivity contribution < 1.29 is 14.7 Å². The minimum atomic E-state index is -1.13. The summed E-state index contributed by atoms with van der Waals surface area (Å²) in [6.07, 6.45) is -1.13. The number of hydrazine groups is 1. The Labute approximate surface area is 70.5 Å². The van der Waals surface area contributed by atoms with Gasteiger partial charge in [-0.1, -0.05) is 0 Å². The van der Waals surface area contributed by atoms with E-state index in [1.54, 1.807) is 0 Å². The van der Waals surface area contributed by atoms with E-state index in [2.05, 4.69) is 5.43 Å². The SMILES string of the molecule is C[C@H](O)C(=O)NNC(=O)N(C)C. The first-order valence-electron chi connectivity index (χ1n) is 3.40. The average molecular weight is 175 g/mol. The molecule has 0 saturated heterocycles. The fraction of sp³-hybridized carbons (Fsp3) is 0.667. The molecule has 0 aromatic heterocycles. The van der Waals surface area contributed by atoms with Gasteiger partial charge in [-0.15, -0.1) is 0 Å². The smallest absolute Gasteiger partial charge is 0.335 e. The number of carbonyl (C=O) groups is 2. The van der Waals surface area contributed by atoms with Crippen molar-refractivity contribution in [3.63, 3.8) is 0 Å². The van der Waals surface area contributed by atoms with Crippen molar-refractivity contribution in [2.45, 2.75) is 13.0 Å². The lowest BCUT2D eigenvalue weighted by Crippen LogP contribution is -2.49. The molecule has 0 aromatic carbocycles. The summed E-state index contributed by atoms with van der Waals surface area (Å²) in [5, 5.41) is 8.70. The maximum absolute atomic E-state index is 10.8. The number of nitrogens with one attached hydrogen (secondary N) is 2. The van der Waals surface area contributed by atoms with Crippen LogP contribution in [0.1, 0.15) is 6.92 Å². The molecule has 0 bridgehead atoms. The number of amides is 3. The van der Waals surface area contributed by atoms with Crippen LogP contribution in [0.2, 0.25) is 0 Å². The van der Waals surface area contributed by atoms with Gasteiger partial charge < -0.3 is 10.0 Å². The lowest BCUT2D eigenvalue weighted by molar-refractivity contribution is -0.129. The van der Waals surface area contributed by atoms with Crippen molar-refractivity contribution in [1.82, 2.24) is 15.8 Å². The fourth-order valence-corrected chi connectivity index (χ4v) is 0.331. The summed E-state index contributed by atoms with van der Waals surface area (Å²) in [5.74, 6) is -0.648. The molecule has 70 valence electrons. The number of carbonyl (C=O) groups excluding carboxylic acids is 2. The molecule has 3 N–H and O–H groups in total. The van der Waals surface area contributed by atoms with Gasteiger partial charge in [-0.25, -0.2) is 10.2 Å². The molecular weight excluding hydrogens is 162 g/mol. The third-order valence-electron chi connectivity index (χ3n) is 1.08. The van der Waals surface area contributed by atoms with Crippen LogP contribution in [0.25, 0.3) is 0 Å². The maximum Gasteiger partial charge on any atom is 0.335 e. The van der Waals surface area contributed by atoms with Crippen LogP contribution in [-0.2, 0) is 4.79 Å². The third-order valence-corrected chi connectivity index (χ3v) is 1.08. The Morgan fingerprint density at radius 1 is 1.33 bits per heavy atom. The van der Waals surface area contributed by atoms with Crippen LogP contribution < -0.4 is 10.9 Å². The third kappa shape index (κ3) is 3.77. The van der Waals surface area contributed by atoms with E-state index in [1.165, 1.54) is 25.9 Å². The predicted octanol–water partition coefficient (Wildman–Crippen LogP) is -1.33. The van der Waals surface area contributed by atoms with Crippen LogP contribution in [0.5, 0.6) is 0 Å². The monoisotopic (exact) mass is 175 g/mol. The zero-order chi connectivity index (χ0) is 9.72. The lowest BCUT2D eigenvalue weighted by Gasteiger charge is -2.13. The standard InChI is InChI=1S/C6H13N3O3/c1-4(10)5(11)7-8-6(12)9(2)3/h4,10H,1-3H3,(H,7,11)(H,8,12)/t4-/m0/s1. The molecule has 0 aromatic rings.